The van der Waals surface area contributed by atoms with E-state index in [-0.39, 0.29) is 19.2 Å². The lowest BCUT2D eigenvalue weighted by molar-refractivity contribution is 0.0949. The van der Waals surface area contributed by atoms with Crippen molar-refractivity contribution in [2.75, 3.05) is 6.79 Å². The maximum atomic E-state index is 12.9. The summed E-state index contributed by atoms with van der Waals surface area (Å²) >= 11 is 0. The Hall–Kier alpha value is -3.81. The van der Waals surface area contributed by atoms with E-state index in [2.05, 4.69) is 15.5 Å². The van der Waals surface area contributed by atoms with Crippen LogP contribution < -0.4 is 14.8 Å². The molecule has 0 fully saturated rings. The molecule has 0 saturated carbocycles. The SMILES string of the molecule is Cc1noc2nc(-c3ccc4c(c3)OCO4)cc(C(=O)NCc3ccco3)c12. The van der Waals surface area contributed by atoms with Gasteiger partial charge in [0.15, 0.2) is 11.5 Å². The van der Waals surface area contributed by atoms with Gasteiger partial charge in [0.2, 0.25) is 6.79 Å². The number of carbonyl (C=O) groups is 1. The first-order chi connectivity index (χ1) is 13.7. The minimum Gasteiger partial charge on any atom is -0.467 e. The highest BCUT2D eigenvalue weighted by atomic mass is 16.7. The van der Waals surface area contributed by atoms with Gasteiger partial charge in [0, 0.05) is 5.56 Å². The highest BCUT2D eigenvalue weighted by Gasteiger charge is 2.21. The van der Waals surface area contributed by atoms with E-state index in [1.807, 2.05) is 18.2 Å². The Bertz CT molecular complexity index is 1180. The number of aromatic nitrogens is 2. The highest BCUT2D eigenvalue weighted by Crippen LogP contribution is 2.36. The minimum atomic E-state index is -0.267. The van der Waals surface area contributed by atoms with Crippen LogP contribution >= 0.6 is 0 Å². The summed E-state index contributed by atoms with van der Waals surface area (Å²) in [4.78, 5) is 17.4. The molecule has 0 unspecified atom stereocenters. The van der Waals surface area contributed by atoms with Crippen molar-refractivity contribution in [3.63, 3.8) is 0 Å². The maximum absolute atomic E-state index is 12.9. The smallest absolute Gasteiger partial charge is 0.259 e. The summed E-state index contributed by atoms with van der Waals surface area (Å²) in [7, 11) is 0. The Morgan fingerprint density at radius 3 is 2.93 bits per heavy atom. The van der Waals surface area contributed by atoms with E-state index < -0.39 is 0 Å². The average Bonchev–Trinajstić information content (AvgIpc) is 3.46. The number of hydrogen-bond donors (Lipinski definition) is 1. The van der Waals surface area contributed by atoms with Crippen LogP contribution in [0.2, 0.25) is 0 Å². The number of benzene rings is 1. The molecule has 8 nitrogen and oxygen atoms in total. The molecule has 1 aromatic carbocycles. The Balaban J connectivity index is 1.55. The van der Waals surface area contributed by atoms with Crippen LogP contribution in [-0.2, 0) is 6.54 Å². The number of nitrogens with zero attached hydrogens (tertiary/aromatic N) is 2. The lowest BCUT2D eigenvalue weighted by atomic mass is 10.0. The maximum Gasteiger partial charge on any atom is 0.259 e. The van der Waals surface area contributed by atoms with E-state index in [1.165, 1.54) is 0 Å². The first-order valence-corrected chi connectivity index (χ1v) is 8.66. The summed E-state index contributed by atoms with van der Waals surface area (Å²) in [6.45, 7) is 2.24. The monoisotopic (exact) mass is 377 g/mol. The number of fused-ring (bicyclic) bond motifs is 2. The quantitative estimate of drug-likeness (QED) is 0.581. The molecule has 1 N–H and O–H groups in total. The van der Waals surface area contributed by atoms with Crippen LogP contribution in [-0.4, -0.2) is 22.8 Å². The van der Waals surface area contributed by atoms with Gasteiger partial charge < -0.3 is 23.7 Å². The van der Waals surface area contributed by atoms with Crippen LogP contribution in [0.5, 0.6) is 11.5 Å². The van der Waals surface area contributed by atoms with Crippen molar-refractivity contribution in [3.8, 4) is 22.8 Å². The molecule has 0 spiro atoms. The van der Waals surface area contributed by atoms with Crippen LogP contribution in [0.15, 0.2) is 51.6 Å². The van der Waals surface area contributed by atoms with Gasteiger partial charge in [-0.15, -0.1) is 0 Å². The standard InChI is InChI=1S/C20H15N3O5/c1-11-18-14(19(24)21-9-13-3-2-6-25-13)8-15(22-20(18)28-23-11)12-4-5-16-17(7-12)27-10-26-16/h2-8H,9-10H2,1H3,(H,21,24). The number of rotatable bonds is 4. The normalized spacial score (nSPS) is 12.5. The Morgan fingerprint density at radius 1 is 1.18 bits per heavy atom. The molecule has 4 aromatic rings. The molecule has 0 radical (unpaired) electrons. The molecule has 0 aliphatic carbocycles. The predicted molar refractivity (Wildman–Crippen MR) is 98.0 cm³/mol. The largest absolute Gasteiger partial charge is 0.467 e. The molecule has 5 rings (SSSR count). The average molecular weight is 377 g/mol. The fourth-order valence-electron chi connectivity index (χ4n) is 3.15. The molecule has 1 aliphatic rings. The molecule has 3 aromatic heterocycles. The highest BCUT2D eigenvalue weighted by molar-refractivity contribution is 6.07. The fraction of sp³-hybridized carbons (Fsp3) is 0.150. The second-order valence-electron chi connectivity index (χ2n) is 6.33. The van der Waals surface area contributed by atoms with Crippen LogP contribution in [0.3, 0.4) is 0 Å². The van der Waals surface area contributed by atoms with E-state index >= 15 is 0 Å². The van der Waals surface area contributed by atoms with E-state index in [1.54, 1.807) is 31.4 Å². The molecule has 0 bridgehead atoms. The summed E-state index contributed by atoms with van der Waals surface area (Å²) in [5, 5.41) is 7.40. The Labute approximate surface area is 159 Å². The Morgan fingerprint density at radius 2 is 2.07 bits per heavy atom. The van der Waals surface area contributed by atoms with E-state index in [0.717, 1.165) is 5.56 Å². The van der Waals surface area contributed by atoms with Gasteiger partial charge in [-0.3, -0.25) is 4.79 Å². The van der Waals surface area contributed by atoms with Gasteiger partial charge in [0.05, 0.1) is 35.1 Å². The Kier molecular flexibility index (Phi) is 3.75. The molecule has 28 heavy (non-hydrogen) atoms. The van der Waals surface area contributed by atoms with Crippen molar-refractivity contribution in [1.29, 1.82) is 0 Å². The molecule has 140 valence electrons. The van der Waals surface area contributed by atoms with Crippen molar-refractivity contribution in [1.82, 2.24) is 15.5 Å². The zero-order valence-corrected chi connectivity index (χ0v) is 14.9. The first-order valence-electron chi connectivity index (χ1n) is 8.66. The fourth-order valence-corrected chi connectivity index (χ4v) is 3.15. The topological polar surface area (TPSA) is 99.6 Å². The zero-order chi connectivity index (χ0) is 19.1. The summed E-state index contributed by atoms with van der Waals surface area (Å²) in [6.07, 6.45) is 1.56. The number of hydrogen-bond acceptors (Lipinski definition) is 7. The van der Waals surface area contributed by atoms with Crippen LogP contribution in [0, 0.1) is 6.92 Å². The van der Waals surface area contributed by atoms with Gasteiger partial charge in [-0.05, 0) is 43.3 Å². The van der Waals surface area contributed by atoms with Crippen molar-refractivity contribution >= 4 is 17.0 Å². The van der Waals surface area contributed by atoms with Crippen molar-refractivity contribution in [3.05, 3.63) is 59.7 Å². The van der Waals surface area contributed by atoms with Gasteiger partial charge in [0.1, 0.15) is 5.76 Å². The second-order valence-corrected chi connectivity index (χ2v) is 6.33. The third-order valence-electron chi connectivity index (χ3n) is 4.53. The van der Waals surface area contributed by atoms with E-state index in [4.69, 9.17) is 18.4 Å². The molecular formula is C20H15N3O5. The second kappa shape index (κ2) is 6.41. The van der Waals surface area contributed by atoms with Crippen molar-refractivity contribution in [2.45, 2.75) is 13.5 Å². The van der Waals surface area contributed by atoms with Crippen molar-refractivity contribution < 1.29 is 23.2 Å². The van der Waals surface area contributed by atoms with E-state index in [0.29, 0.717) is 45.3 Å². The van der Waals surface area contributed by atoms with Crippen molar-refractivity contribution in [2.24, 2.45) is 0 Å². The lowest BCUT2D eigenvalue weighted by Gasteiger charge is -2.08. The van der Waals surface area contributed by atoms with Gasteiger partial charge >= 0.3 is 0 Å². The number of furan rings is 1. The summed E-state index contributed by atoms with van der Waals surface area (Å²) in [5.41, 5.74) is 2.69. The third kappa shape index (κ3) is 2.75. The van der Waals surface area contributed by atoms with Gasteiger partial charge in [-0.2, -0.15) is 0 Å². The number of aryl methyl sites for hydroxylation is 1. The molecule has 1 aliphatic heterocycles. The number of pyridine rings is 1. The summed E-state index contributed by atoms with van der Waals surface area (Å²) < 4.78 is 21.4. The summed E-state index contributed by atoms with van der Waals surface area (Å²) in [6, 6.07) is 10.8. The third-order valence-corrected chi connectivity index (χ3v) is 4.53. The zero-order valence-electron chi connectivity index (χ0n) is 14.9. The van der Waals surface area contributed by atoms with Crippen LogP contribution in [0.4, 0.5) is 0 Å². The number of carbonyl (C=O) groups excluding carboxylic acids is 1. The lowest BCUT2D eigenvalue weighted by Crippen LogP contribution is -2.23. The molecule has 4 heterocycles. The number of ether oxygens (including phenoxy) is 2. The predicted octanol–water partition coefficient (Wildman–Crippen LogP) is 3.45. The minimum absolute atomic E-state index is 0.187. The molecule has 1 amide bonds. The summed E-state index contributed by atoms with van der Waals surface area (Å²) in [5.74, 6) is 1.71. The van der Waals surface area contributed by atoms with Gasteiger partial charge in [-0.1, -0.05) is 5.16 Å². The molecule has 0 atom stereocenters. The number of nitrogens with one attached hydrogen (secondary N) is 1. The van der Waals surface area contributed by atoms with Gasteiger partial charge in [0.25, 0.3) is 11.6 Å². The molecule has 8 heteroatoms. The first kappa shape index (κ1) is 16.4. The van der Waals surface area contributed by atoms with Crippen LogP contribution in [0.25, 0.3) is 22.4 Å². The molecular weight excluding hydrogens is 362 g/mol. The van der Waals surface area contributed by atoms with E-state index in [9.17, 15) is 4.79 Å². The number of amides is 1. The van der Waals surface area contributed by atoms with Gasteiger partial charge in [-0.25, -0.2) is 4.98 Å². The molecule has 0 saturated heterocycles. The van der Waals surface area contributed by atoms with Crippen LogP contribution in [0.1, 0.15) is 21.8 Å².